The minimum atomic E-state index is -0.544. The summed E-state index contributed by atoms with van der Waals surface area (Å²) >= 11 is 0. The van der Waals surface area contributed by atoms with E-state index in [-0.39, 0.29) is 40.9 Å². The molecule has 0 saturated heterocycles. The molecule has 1 amide bonds. The Morgan fingerprint density at radius 1 is 1.53 bits per heavy atom. The van der Waals surface area contributed by atoms with Gasteiger partial charge in [0.15, 0.2) is 0 Å². The number of nitro groups is 1. The van der Waals surface area contributed by atoms with Gasteiger partial charge >= 0.3 is 29.6 Å². The van der Waals surface area contributed by atoms with E-state index in [4.69, 9.17) is 0 Å². The summed E-state index contributed by atoms with van der Waals surface area (Å²) in [5, 5.41) is 13.9. The first kappa shape index (κ1) is 13.8. The molecule has 0 fully saturated rings. The Labute approximate surface area is 109 Å². The summed E-state index contributed by atoms with van der Waals surface area (Å²) < 4.78 is 0. The average Bonchev–Trinajstić information content (AvgIpc) is 2.18. The normalized spacial score (nSPS) is 8.53. The van der Waals surface area contributed by atoms with E-state index >= 15 is 0 Å². The molecule has 5 nitrogen and oxygen atoms in total. The first-order valence-electron chi connectivity index (χ1n) is 3.76. The fraction of sp³-hybridized carbons (Fsp3) is 0. The SMILES string of the molecule is C=CC(=O)[N-]c1cccc([N+](=O)[O-])c1.[Na+]. The topological polar surface area (TPSA) is 74.3 Å². The van der Waals surface area contributed by atoms with Gasteiger partial charge in [0.1, 0.15) is 0 Å². The van der Waals surface area contributed by atoms with Crippen LogP contribution in [0.2, 0.25) is 0 Å². The molecule has 1 aromatic rings. The van der Waals surface area contributed by atoms with E-state index in [1.54, 1.807) is 0 Å². The molecular formula is C9H7N2NaO3. The third-order valence-electron chi connectivity index (χ3n) is 1.45. The number of hydrogen-bond donors (Lipinski definition) is 0. The van der Waals surface area contributed by atoms with E-state index in [2.05, 4.69) is 11.9 Å². The van der Waals surface area contributed by atoms with Crippen LogP contribution in [0.1, 0.15) is 0 Å². The molecule has 0 saturated carbocycles. The minimum absolute atomic E-state index is 0. The van der Waals surface area contributed by atoms with Crippen molar-refractivity contribution in [3.8, 4) is 0 Å². The van der Waals surface area contributed by atoms with Crippen LogP contribution in [0, 0.1) is 10.1 Å². The summed E-state index contributed by atoms with van der Waals surface area (Å²) in [5.74, 6) is -0.523. The first-order chi connectivity index (χ1) is 6.63. The van der Waals surface area contributed by atoms with Crippen LogP contribution in [0.25, 0.3) is 5.32 Å². The van der Waals surface area contributed by atoms with Crippen LogP contribution in [0.4, 0.5) is 11.4 Å². The number of amides is 1. The molecule has 0 bridgehead atoms. The number of carbonyl (C=O) groups excluding carboxylic acids is 1. The van der Waals surface area contributed by atoms with Crippen molar-refractivity contribution in [2.24, 2.45) is 0 Å². The number of nitro benzene ring substituents is 1. The summed E-state index contributed by atoms with van der Waals surface area (Å²) in [6, 6.07) is 5.53. The van der Waals surface area contributed by atoms with Gasteiger partial charge in [0.2, 0.25) is 0 Å². The van der Waals surface area contributed by atoms with Crippen molar-refractivity contribution < 1.29 is 39.3 Å². The molecule has 0 spiro atoms. The summed E-state index contributed by atoms with van der Waals surface area (Å²) in [6.07, 6.45) is 1.04. The molecule has 0 atom stereocenters. The van der Waals surface area contributed by atoms with Gasteiger partial charge in [-0.1, -0.05) is 18.7 Å². The smallest absolute Gasteiger partial charge is 0.623 e. The number of benzene rings is 1. The minimum Gasteiger partial charge on any atom is -0.623 e. The van der Waals surface area contributed by atoms with Crippen LogP contribution in [0.15, 0.2) is 36.9 Å². The Morgan fingerprint density at radius 2 is 2.20 bits per heavy atom. The van der Waals surface area contributed by atoms with Crippen LogP contribution in [-0.2, 0) is 4.79 Å². The molecule has 6 heteroatoms. The third kappa shape index (κ3) is 4.24. The van der Waals surface area contributed by atoms with Gasteiger partial charge in [-0.05, 0) is 6.08 Å². The molecule has 0 heterocycles. The molecule has 0 N–H and O–H groups in total. The molecule has 0 aliphatic carbocycles. The number of non-ortho nitro benzene ring substituents is 1. The van der Waals surface area contributed by atoms with E-state index in [1.807, 2.05) is 0 Å². The van der Waals surface area contributed by atoms with Gasteiger partial charge < -0.3 is 10.1 Å². The predicted molar refractivity (Wildman–Crippen MR) is 51.3 cm³/mol. The second-order valence-corrected chi connectivity index (χ2v) is 2.43. The van der Waals surface area contributed by atoms with Crippen molar-refractivity contribution in [3.63, 3.8) is 0 Å². The summed E-state index contributed by atoms with van der Waals surface area (Å²) in [6.45, 7) is 3.24. The van der Waals surface area contributed by atoms with Gasteiger partial charge in [-0.3, -0.25) is 10.1 Å². The molecule has 15 heavy (non-hydrogen) atoms. The molecule has 0 aromatic heterocycles. The molecular weight excluding hydrogens is 207 g/mol. The molecule has 0 aliphatic heterocycles. The average molecular weight is 214 g/mol. The number of hydrogen-bond acceptors (Lipinski definition) is 3. The van der Waals surface area contributed by atoms with Crippen molar-refractivity contribution in [2.45, 2.75) is 0 Å². The van der Waals surface area contributed by atoms with Gasteiger partial charge in [-0.2, -0.15) is 0 Å². The summed E-state index contributed by atoms with van der Waals surface area (Å²) in [7, 11) is 0. The Balaban J connectivity index is 0.00000196. The van der Waals surface area contributed by atoms with Gasteiger partial charge in [0.05, 0.1) is 10.8 Å². The number of carbonyl (C=O) groups is 1. The molecule has 72 valence electrons. The van der Waals surface area contributed by atoms with Crippen LogP contribution < -0.4 is 29.6 Å². The van der Waals surface area contributed by atoms with Crippen molar-refractivity contribution >= 4 is 17.3 Å². The standard InChI is InChI=1S/C9H8N2O3.Na/c1-2-9(12)10-7-4-3-5-8(6-7)11(13)14;/h2-6H,1H2,(H,10,12);/q;+1/p-1. The van der Waals surface area contributed by atoms with E-state index in [0.717, 1.165) is 6.08 Å². The fourth-order valence-corrected chi connectivity index (χ4v) is 0.849. The zero-order valence-electron chi connectivity index (χ0n) is 8.21. The van der Waals surface area contributed by atoms with E-state index < -0.39 is 10.8 Å². The molecule has 0 unspecified atom stereocenters. The zero-order valence-corrected chi connectivity index (χ0v) is 10.2. The second-order valence-electron chi connectivity index (χ2n) is 2.43. The number of rotatable bonds is 3. The van der Waals surface area contributed by atoms with Crippen LogP contribution in [0.5, 0.6) is 0 Å². The molecule has 0 aliphatic rings. The van der Waals surface area contributed by atoms with Crippen molar-refractivity contribution in [1.29, 1.82) is 0 Å². The number of nitrogens with zero attached hydrogens (tertiary/aromatic N) is 2. The van der Waals surface area contributed by atoms with Gasteiger partial charge in [0, 0.05) is 12.1 Å². The van der Waals surface area contributed by atoms with Gasteiger partial charge in [-0.15, -0.1) is 5.69 Å². The fourth-order valence-electron chi connectivity index (χ4n) is 0.849. The quantitative estimate of drug-likeness (QED) is 0.289. The summed E-state index contributed by atoms with van der Waals surface area (Å²) in [4.78, 5) is 20.6. The van der Waals surface area contributed by atoms with Gasteiger partial charge in [0.25, 0.3) is 5.69 Å². The largest absolute Gasteiger partial charge is 1.00 e. The van der Waals surface area contributed by atoms with Crippen molar-refractivity contribution in [3.05, 3.63) is 52.4 Å². The predicted octanol–water partition coefficient (Wildman–Crippen LogP) is -0.683. The Hall–Kier alpha value is -1.17. The van der Waals surface area contributed by atoms with E-state index in [0.29, 0.717) is 0 Å². The monoisotopic (exact) mass is 214 g/mol. The van der Waals surface area contributed by atoms with Gasteiger partial charge in [-0.25, -0.2) is 0 Å². The molecule has 1 rings (SSSR count). The Morgan fingerprint density at radius 3 is 2.73 bits per heavy atom. The Bertz CT molecular complexity index is 393. The van der Waals surface area contributed by atoms with Crippen molar-refractivity contribution in [2.75, 3.05) is 0 Å². The van der Waals surface area contributed by atoms with Crippen molar-refractivity contribution in [1.82, 2.24) is 0 Å². The third-order valence-corrected chi connectivity index (χ3v) is 1.45. The maximum absolute atomic E-state index is 10.8. The Kier molecular flexibility index (Phi) is 5.84. The second kappa shape index (κ2) is 6.34. The zero-order chi connectivity index (χ0) is 10.6. The van der Waals surface area contributed by atoms with E-state index in [1.165, 1.54) is 24.3 Å². The summed E-state index contributed by atoms with van der Waals surface area (Å²) in [5.41, 5.74) is 0.159. The maximum atomic E-state index is 10.8. The molecule has 0 radical (unpaired) electrons. The van der Waals surface area contributed by atoms with E-state index in [9.17, 15) is 14.9 Å². The van der Waals surface area contributed by atoms with Crippen LogP contribution >= 0.6 is 0 Å². The maximum Gasteiger partial charge on any atom is 1.00 e. The van der Waals surface area contributed by atoms with Crippen LogP contribution in [0.3, 0.4) is 0 Å². The van der Waals surface area contributed by atoms with Crippen LogP contribution in [-0.4, -0.2) is 10.8 Å². The first-order valence-corrected chi connectivity index (χ1v) is 3.76. The molecule has 1 aromatic carbocycles.